The molecular formula is C24H23N3O3S. The standard InChI is InChI=1S/C24H23N3O3S/c1-4-21(28)26-24-22(17-9-7-6-8-10-17)27-23(31-24)18(15-25)13-16-11-12-19(30-5-2)20(14-16)29-3/h6-14H,4-5H2,1-3H3,(H,26,28)/b18-13+. The Morgan fingerprint density at radius 3 is 2.61 bits per heavy atom. The van der Waals surface area contributed by atoms with Gasteiger partial charge in [0.2, 0.25) is 5.91 Å². The third-order valence-electron chi connectivity index (χ3n) is 4.40. The highest BCUT2D eigenvalue weighted by molar-refractivity contribution is 7.17. The molecule has 7 heteroatoms. The summed E-state index contributed by atoms with van der Waals surface area (Å²) >= 11 is 1.28. The molecule has 2 aromatic carbocycles. The van der Waals surface area contributed by atoms with E-state index in [-0.39, 0.29) is 5.91 Å². The average Bonchev–Trinajstić information content (AvgIpc) is 3.22. The summed E-state index contributed by atoms with van der Waals surface area (Å²) in [6.07, 6.45) is 2.10. The third-order valence-corrected chi connectivity index (χ3v) is 5.40. The number of nitrogens with zero attached hydrogens (tertiary/aromatic N) is 2. The van der Waals surface area contributed by atoms with Crippen LogP contribution in [0.15, 0.2) is 48.5 Å². The van der Waals surface area contributed by atoms with Gasteiger partial charge in [0.05, 0.1) is 19.3 Å². The maximum atomic E-state index is 12.0. The second-order valence-electron chi connectivity index (χ2n) is 6.48. The van der Waals surface area contributed by atoms with Gasteiger partial charge < -0.3 is 14.8 Å². The number of methoxy groups -OCH3 is 1. The lowest BCUT2D eigenvalue weighted by molar-refractivity contribution is -0.115. The van der Waals surface area contributed by atoms with Crippen molar-refractivity contribution >= 4 is 33.9 Å². The second-order valence-corrected chi connectivity index (χ2v) is 7.48. The average molecular weight is 434 g/mol. The lowest BCUT2D eigenvalue weighted by Crippen LogP contribution is -2.08. The van der Waals surface area contributed by atoms with Gasteiger partial charge in [-0.3, -0.25) is 4.79 Å². The molecule has 0 fully saturated rings. The summed E-state index contributed by atoms with van der Waals surface area (Å²) in [5.41, 5.74) is 2.70. The Morgan fingerprint density at radius 2 is 1.97 bits per heavy atom. The van der Waals surface area contributed by atoms with Gasteiger partial charge in [0.1, 0.15) is 21.8 Å². The minimum atomic E-state index is -0.105. The van der Waals surface area contributed by atoms with Crippen LogP contribution in [0.25, 0.3) is 22.9 Å². The van der Waals surface area contributed by atoms with Crippen molar-refractivity contribution < 1.29 is 14.3 Å². The summed E-state index contributed by atoms with van der Waals surface area (Å²) in [7, 11) is 1.58. The molecule has 0 bridgehead atoms. The van der Waals surface area contributed by atoms with Gasteiger partial charge in [-0.15, -0.1) is 0 Å². The molecular weight excluding hydrogens is 410 g/mol. The van der Waals surface area contributed by atoms with Gasteiger partial charge in [0.15, 0.2) is 11.5 Å². The fourth-order valence-corrected chi connectivity index (χ4v) is 3.85. The lowest BCUT2D eigenvalue weighted by atomic mass is 10.1. The number of rotatable bonds is 8. The van der Waals surface area contributed by atoms with E-state index in [1.807, 2.05) is 55.5 Å². The Labute approximate surface area is 185 Å². The molecule has 0 unspecified atom stereocenters. The summed E-state index contributed by atoms with van der Waals surface area (Å²) in [6.45, 7) is 4.23. The fraction of sp³-hybridized carbons (Fsp3) is 0.208. The van der Waals surface area contributed by atoms with Crippen LogP contribution in [0.1, 0.15) is 30.8 Å². The maximum Gasteiger partial charge on any atom is 0.224 e. The molecule has 0 spiro atoms. The van der Waals surface area contributed by atoms with E-state index in [1.165, 1.54) is 11.3 Å². The Hall–Kier alpha value is -3.63. The summed E-state index contributed by atoms with van der Waals surface area (Å²) < 4.78 is 11.0. The largest absolute Gasteiger partial charge is 0.493 e. The first-order valence-corrected chi connectivity index (χ1v) is 10.7. The number of allylic oxidation sites excluding steroid dienone is 1. The topological polar surface area (TPSA) is 84.2 Å². The van der Waals surface area contributed by atoms with Crippen molar-refractivity contribution in [2.45, 2.75) is 20.3 Å². The van der Waals surface area contributed by atoms with Gasteiger partial charge in [-0.25, -0.2) is 4.98 Å². The molecule has 3 aromatic rings. The number of benzene rings is 2. The number of carbonyl (C=O) groups excluding carboxylic acids is 1. The molecule has 1 aromatic heterocycles. The third kappa shape index (κ3) is 5.30. The van der Waals surface area contributed by atoms with Gasteiger partial charge in [-0.2, -0.15) is 5.26 Å². The summed E-state index contributed by atoms with van der Waals surface area (Å²) in [6, 6.07) is 17.3. The molecule has 6 nitrogen and oxygen atoms in total. The number of aromatic nitrogens is 1. The van der Waals surface area contributed by atoms with Crippen molar-refractivity contribution in [1.29, 1.82) is 5.26 Å². The molecule has 1 N–H and O–H groups in total. The number of hydrogen-bond acceptors (Lipinski definition) is 6. The zero-order valence-electron chi connectivity index (χ0n) is 17.6. The molecule has 0 atom stereocenters. The number of nitrogens with one attached hydrogen (secondary N) is 1. The van der Waals surface area contributed by atoms with Crippen molar-refractivity contribution in [1.82, 2.24) is 4.98 Å². The Bertz CT molecular complexity index is 1130. The summed E-state index contributed by atoms with van der Waals surface area (Å²) in [5.74, 6) is 1.13. The molecule has 1 amide bonds. The zero-order valence-corrected chi connectivity index (χ0v) is 18.5. The van der Waals surface area contributed by atoms with Crippen molar-refractivity contribution in [3.63, 3.8) is 0 Å². The molecule has 0 aliphatic carbocycles. The predicted molar refractivity (Wildman–Crippen MR) is 124 cm³/mol. The van der Waals surface area contributed by atoms with E-state index in [4.69, 9.17) is 9.47 Å². The molecule has 0 aliphatic rings. The highest BCUT2D eigenvalue weighted by Gasteiger charge is 2.17. The highest BCUT2D eigenvalue weighted by Crippen LogP contribution is 2.37. The second kappa shape index (κ2) is 10.4. The molecule has 31 heavy (non-hydrogen) atoms. The van der Waals surface area contributed by atoms with E-state index in [0.29, 0.717) is 45.8 Å². The quantitative estimate of drug-likeness (QED) is 0.465. The first-order chi connectivity index (χ1) is 15.1. The van der Waals surface area contributed by atoms with Crippen molar-refractivity contribution in [3.05, 3.63) is 59.1 Å². The van der Waals surface area contributed by atoms with E-state index in [2.05, 4.69) is 16.4 Å². The van der Waals surface area contributed by atoms with Crippen LogP contribution in [-0.2, 0) is 4.79 Å². The lowest BCUT2D eigenvalue weighted by Gasteiger charge is -2.09. The molecule has 0 saturated heterocycles. The van der Waals surface area contributed by atoms with Crippen LogP contribution in [-0.4, -0.2) is 24.6 Å². The number of ether oxygens (including phenoxy) is 2. The number of amides is 1. The Kier molecular flexibility index (Phi) is 7.41. The predicted octanol–water partition coefficient (Wildman–Crippen LogP) is 5.63. The number of thiazole rings is 1. The van der Waals surface area contributed by atoms with E-state index < -0.39 is 0 Å². The van der Waals surface area contributed by atoms with Crippen molar-refractivity contribution in [2.24, 2.45) is 0 Å². The number of nitriles is 1. The van der Waals surface area contributed by atoms with Gasteiger partial charge in [-0.05, 0) is 30.7 Å². The monoisotopic (exact) mass is 433 g/mol. The van der Waals surface area contributed by atoms with Crippen LogP contribution in [0.2, 0.25) is 0 Å². The first-order valence-electron chi connectivity index (χ1n) is 9.88. The highest BCUT2D eigenvalue weighted by atomic mass is 32.1. The minimum Gasteiger partial charge on any atom is -0.493 e. The SMILES string of the molecule is CCOc1ccc(/C=C(\C#N)c2nc(-c3ccccc3)c(NC(=O)CC)s2)cc1OC. The number of carbonyl (C=O) groups is 1. The normalized spacial score (nSPS) is 11.0. The summed E-state index contributed by atoms with van der Waals surface area (Å²) in [5, 5.41) is 13.9. The van der Waals surface area contributed by atoms with Gasteiger partial charge in [-0.1, -0.05) is 54.7 Å². The van der Waals surface area contributed by atoms with Crippen LogP contribution in [0.5, 0.6) is 11.5 Å². The molecule has 158 valence electrons. The molecule has 0 radical (unpaired) electrons. The van der Waals surface area contributed by atoms with E-state index in [9.17, 15) is 10.1 Å². The van der Waals surface area contributed by atoms with Crippen LogP contribution >= 0.6 is 11.3 Å². The maximum absolute atomic E-state index is 12.0. The Balaban J connectivity index is 2.03. The molecule has 3 rings (SSSR count). The van der Waals surface area contributed by atoms with E-state index >= 15 is 0 Å². The zero-order chi connectivity index (χ0) is 22.2. The first kappa shape index (κ1) is 22.1. The number of anilines is 1. The van der Waals surface area contributed by atoms with E-state index in [1.54, 1.807) is 20.1 Å². The van der Waals surface area contributed by atoms with Crippen molar-refractivity contribution in [3.8, 4) is 28.8 Å². The minimum absolute atomic E-state index is 0.105. The smallest absolute Gasteiger partial charge is 0.224 e. The number of hydrogen-bond donors (Lipinski definition) is 1. The molecule has 0 aliphatic heterocycles. The molecule has 1 heterocycles. The van der Waals surface area contributed by atoms with Crippen LogP contribution < -0.4 is 14.8 Å². The van der Waals surface area contributed by atoms with Crippen molar-refractivity contribution in [2.75, 3.05) is 19.0 Å². The summed E-state index contributed by atoms with van der Waals surface area (Å²) in [4.78, 5) is 16.7. The Morgan fingerprint density at radius 1 is 1.19 bits per heavy atom. The van der Waals surface area contributed by atoms with Crippen LogP contribution in [0.3, 0.4) is 0 Å². The van der Waals surface area contributed by atoms with Gasteiger partial charge in [0.25, 0.3) is 0 Å². The van der Waals surface area contributed by atoms with E-state index in [0.717, 1.165) is 11.1 Å². The van der Waals surface area contributed by atoms with Gasteiger partial charge in [0, 0.05) is 12.0 Å². The van der Waals surface area contributed by atoms with Crippen LogP contribution in [0, 0.1) is 11.3 Å². The molecule has 0 saturated carbocycles. The fourth-order valence-electron chi connectivity index (χ4n) is 2.88. The van der Waals surface area contributed by atoms with Crippen LogP contribution in [0.4, 0.5) is 5.00 Å². The van der Waals surface area contributed by atoms with Gasteiger partial charge >= 0.3 is 0 Å².